The second-order valence-electron chi connectivity index (χ2n) is 9.84. The normalized spacial score (nSPS) is 18.8. The molecule has 1 heterocycles. The molecule has 1 fully saturated rings. The van der Waals surface area contributed by atoms with E-state index in [1.807, 2.05) is 18.2 Å². The van der Waals surface area contributed by atoms with Crippen molar-refractivity contribution in [2.75, 3.05) is 32.7 Å². The SMILES string of the molecule is O=S(=O)(NCC(c1ccccc1)[NH+]1CC[NH+](C(c2ccccc2)c2ccccc2)CC1)c1ccc(Cl)cc1. The van der Waals surface area contributed by atoms with Crippen LogP contribution in [-0.4, -0.2) is 41.1 Å². The van der Waals surface area contributed by atoms with E-state index in [4.69, 9.17) is 11.6 Å². The van der Waals surface area contributed by atoms with E-state index in [0.717, 1.165) is 31.7 Å². The van der Waals surface area contributed by atoms with Crippen molar-refractivity contribution in [3.8, 4) is 0 Å². The van der Waals surface area contributed by atoms with Crippen LogP contribution in [0.1, 0.15) is 28.8 Å². The molecule has 1 aliphatic heterocycles. The second-order valence-corrected chi connectivity index (χ2v) is 12.0. The average Bonchev–Trinajstić information content (AvgIpc) is 2.96. The monoisotopic (exact) mass is 547 g/mol. The van der Waals surface area contributed by atoms with Gasteiger partial charge < -0.3 is 9.80 Å². The van der Waals surface area contributed by atoms with Crippen molar-refractivity contribution in [2.24, 2.45) is 0 Å². The molecule has 0 aromatic heterocycles. The summed E-state index contributed by atoms with van der Waals surface area (Å²) in [5.74, 6) is 0. The summed E-state index contributed by atoms with van der Waals surface area (Å²) in [6.07, 6.45) is 0. The van der Waals surface area contributed by atoms with Crippen molar-refractivity contribution in [3.63, 3.8) is 0 Å². The largest absolute Gasteiger partial charge is 0.318 e. The van der Waals surface area contributed by atoms with Crippen molar-refractivity contribution in [3.05, 3.63) is 137 Å². The molecule has 0 spiro atoms. The molecule has 0 amide bonds. The van der Waals surface area contributed by atoms with Crippen LogP contribution in [0.4, 0.5) is 0 Å². The number of rotatable bonds is 9. The molecule has 0 bridgehead atoms. The number of hydrogen-bond donors (Lipinski definition) is 3. The van der Waals surface area contributed by atoms with Crippen LogP contribution in [-0.2, 0) is 10.0 Å². The lowest BCUT2D eigenvalue weighted by atomic mass is 9.96. The molecule has 1 saturated heterocycles. The van der Waals surface area contributed by atoms with Gasteiger partial charge in [-0.3, -0.25) is 0 Å². The van der Waals surface area contributed by atoms with Crippen LogP contribution in [0, 0.1) is 0 Å². The lowest BCUT2D eigenvalue weighted by molar-refractivity contribution is -1.04. The summed E-state index contributed by atoms with van der Waals surface area (Å²) < 4.78 is 29.0. The van der Waals surface area contributed by atoms with Crippen LogP contribution >= 0.6 is 11.6 Å². The first-order valence-corrected chi connectivity index (χ1v) is 15.0. The molecule has 0 aliphatic carbocycles. The van der Waals surface area contributed by atoms with E-state index < -0.39 is 10.0 Å². The molecular formula is C31H34ClN3O2S+2. The molecule has 1 atom stereocenters. The summed E-state index contributed by atoms with van der Waals surface area (Å²) in [5.41, 5.74) is 3.80. The van der Waals surface area contributed by atoms with Crippen molar-refractivity contribution in [1.29, 1.82) is 0 Å². The Balaban J connectivity index is 1.33. The zero-order valence-electron chi connectivity index (χ0n) is 21.3. The summed E-state index contributed by atoms with van der Waals surface area (Å²) in [6.45, 7) is 4.23. The summed E-state index contributed by atoms with van der Waals surface area (Å²) in [4.78, 5) is 3.17. The van der Waals surface area contributed by atoms with Gasteiger partial charge in [0, 0.05) is 21.7 Å². The molecule has 196 valence electrons. The van der Waals surface area contributed by atoms with Gasteiger partial charge in [0.05, 0.1) is 11.4 Å². The van der Waals surface area contributed by atoms with Gasteiger partial charge in [-0.25, -0.2) is 13.1 Å². The van der Waals surface area contributed by atoms with Crippen LogP contribution in [0.3, 0.4) is 0 Å². The first-order valence-electron chi connectivity index (χ1n) is 13.1. The Labute approximate surface area is 230 Å². The van der Waals surface area contributed by atoms with Crippen molar-refractivity contribution >= 4 is 21.6 Å². The molecule has 1 aliphatic rings. The summed E-state index contributed by atoms with van der Waals surface area (Å²) in [7, 11) is -3.64. The van der Waals surface area contributed by atoms with Crippen molar-refractivity contribution in [1.82, 2.24) is 4.72 Å². The molecule has 3 N–H and O–H groups in total. The molecule has 5 rings (SSSR count). The van der Waals surface area contributed by atoms with E-state index in [1.54, 1.807) is 29.2 Å². The van der Waals surface area contributed by atoms with E-state index >= 15 is 0 Å². The molecule has 38 heavy (non-hydrogen) atoms. The third kappa shape index (κ3) is 6.34. The lowest BCUT2D eigenvalue weighted by Crippen LogP contribution is -3.28. The molecule has 1 unspecified atom stereocenters. The molecule has 0 radical (unpaired) electrons. The standard InChI is InChI=1S/C31H32ClN3O2S/c32-28-16-18-29(19-17-28)38(36,37)33-24-30(25-10-4-1-5-11-25)34-20-22-35(23-21-34)31(26-12-6-2-7-13-26)27-14-8-3-9-15-27/h1-19,30-31,33H,20-24H2/p+2. The number of halogens is 1. The highest BCUT2D eigenvalue weighted by Gasteiger charge is 2.35. The van der Waals surface area contributed by atoms with E-state index in [-0.39, 0.29) is 17.0 Å². The zero-order chi connectivity index (χ0) is 26.4. The Morgan fingerprint density at radius 2 is 1.08 bits per heavy atom. The van der Waals surface area contributed by atoms with E-state index in [9.17, 15) is 8.42 Å². The Hall–Kier alpha value is -3.00. The third-order valence-electron chi connectivity index (χ3n) is 7.50. The highest BCUT2D eigenvalue weighted by Crippen LogP contribution is 2.19. The highest BCUT2D eigenvalue weighted by molar-refractivity contribution is 7.89. The number of benzene rings is 4. The van der Waals surface area contributed by atoms with Crippen LogP contribution in [0.5, 0.6) is 0 Å². The lowest BCUT2D eigenvalue weighted by Gasteiger charge is -2.38. The zero-order valence-corrected chi connectivity index (χ0v) is 22.8. The maximum Gasteiger partial charge on any atom is 0.240 e. The smallest absolute Gasteiger partial charge is 0.240 e. The van der Waals surface area contributed by atoms with E-state index in [2.05, 4.69) is 77.5 Å². The number of hydrogen-bond acceptors (Lipinski definition) is 2. The van der Waals surface area contributed by atoms with Gasteiger partial charge in [0.1, 0.15) is 38.3 Å². The summed E-state index contributed by atoms with van der Waals surface area (Å²) in [5, 5.41) is 0.514. The second kappa shape index (κ2) is 12.2. The van der Waals surface area contributed by atoms with Gasteiger partial charge in [0.2, 0.25) is 10.0 Å². The van der Waals surface area contributed by atoms with Crippen LogP contribution in [0.25, 0.3) is 0 Å². The third-order valence-corrected chi connectivity index (χ3v) is 9.20. The minimum atomic E-state index is -3.64. The van der Waals surface area contributed by atoms with Crippen LogP contribution in [0.2, 0.25) is 5.02 Å². The number of piperazine rings is 1. The Kier molecular flexibility index (Phi) is 8.57. The van der Waals surface area contributed by atoms with Crippen LogP contribution in [0.15, 0.2) is 120 Å². The van der Waals surface area contributed by atoms with E-state index in [0.29, 0.717) is 11.6 Å². The topological polar surface area (TPSA) is 55.0 Å². The van der Waals surface area contributed by atoms with Crippen molar-refractivity contribution < 1.29 is 18.2 Å². The van der Waals surface area contributed by atoms with Gasteiger partial charge >= 0.3 is 0 Å². The van der Waals surface area contributed by atoms with Gasteiger partial charge in [-0.2, -0.15) is 0 Å². The molecule has 4 aromatic rings. The highest BCUT2D eigenvalue weighted by atomic mass is 35.5. The quantitative estimate of drug-likeness (QED) is 0.302. The Morgan fingerprint density at radius 3 is 1.58 bits per heavy atom. The average molecular weight is 548 g/mol. The number of quaternary nitrogens is 2. The first-order chi connectivity index (χ1) is 18.5. The number of sulfonamides is 1. The fourth-order valence-electron chi connectivity index (χ4n) is 5.56. The summed E-state index contributed by atoms with van der Waals surface area (Å²) >= 11 is 5.96. The first kappa shape index (κ1) is 26.6. The van der Waals surface area contributed by atoms with Crippen molar-refractivity contribution in [2.45, 2.75) is 17.0 Å². The molecular weight excluding hydrogens is 514 g/mol. The van der Waals surface area contributed by atoms with Gasteiger partial charge in [-0.05, 0) is 24.3 Å². The summed E-state index contributed by atoms with van der Waals surface area (Å²) in [6, 6.07) is 38.3. The Bertz CT molecular complexity index is 1350. The predicted octanol–water partition coefficient (Wildman–Crippen LogP) is 2.93. The molecule has 7 heteroatoms. The molecule has 0 saturated carbocycles. The maximum atomic E-state index is 13.0. The predicted molar refractivity (Wildman–Crippen MR) is 152 cm³/mol. The maximum absolute atomic E-state index is 13.0. The minimum Gasteiger partial charge on any atom is -0.318 e. The van der Waals surface area contributed by atoms with Crippen LogP contribution < -0.4 is 14.5 Å². The van der Waals surface area contributed by atoms with E-state index in [1.165, 1.54) is 16.0 Å². The molecule has 4 aromatic carbocycles. The minimum absolute atomic E-state index is 0.0201. The number of nitrogens with one attached hydrogen (secondary N) is 3. The van der Waals surface area contributed by atoms with Gasteiger partial charge in [-0.1, -0.05) is 103 Å². The van der Waals surface area contributed by atoms with Gasteiger partial charge in [0.25, 0.3) is 0 Å². The Morgan fingerprint density at radius 1 is 0.632 bits per heavy atom. The fourth-order valence-corrected chi connectivity index (χ4v) is 6.73. The molecule has 5 nitrogen and oxygen atoms in total. The fraction of sp³-hybridized carbons (Fsp3) is 0.226. The van der Waals surface area contributed by atoms with Gasteiger partial charge in [-0.15, -0.1) is 0 Å². The van der Waals surface area contributed by atoms with Gasteiger partial charge in [0.15, 0.2) is 0 Å².